The molecule has 1 amide bonds. The van der Waals surface area contributed by atoms with Gasteiger partial charge < -0.3 is 0 Å². The minimum absolute atomic E-state index is 0.102. The van der Waals surface area contributed by atoms with Gasteiger partial charge in [0.2, 0.25) is 5.91 Å². The zero-order valence-electron chi connectivity index (χ0n) is 18.6. The molecule has 0 radical (unpaired) electrons. The zero-order valence-corrected chi connectivity index (χ0v) is 19.4. The predicted octanol–water partition coefficient (Wildman–Crippen LogP) is 5.80. The van der Waals surface area contributed by atoms with Crippen molar-refractivity contribution in [3.05, 3.63) is 94.3 Å². The molecule has 0 saturated heterocycles. The van der Waals surface area contributed by atoms with Crippen molar-refractivity contribution in [3.63, 3.8) is 0 Å². The first kappa shape index (κ1) is 23.2. The van der Waals surface area contributed by atoms with Crippen molar-refractivity contribution in [2.45, 2.75) is 20.8 Å². The highest BCUT2D eigenvalue weighted by Crippen LogP contribution is 2.31. The molecule has 2 heterocycles. The highest BCUT2D eigenvalue weighted by atomic mass is 32.1. The van der Waals surface area contributed by atoms with Crippen LogP contribution in [0.1, 0.15) is 34.4 Å². The van der Waals surface area contributed by atoms with Crippen molar-refractivity contribution in [1.82, 2.24) is 14.8 Å². The number of hydrogen-bond acceptors (Lipinski definition) is 5. The SMILES string of the molecule is CC(=O)N(c1nc(/C=C/C(=O)c2c(C)nn(-c3ccccc3)c2C)cs1)c1ccc(F)cc1F. The van der Waals surface area contributed by atoms with Crippen LogP contribution in [0.3, 0.4) is 0 Å². The lowest BCUT2D eigenvalue weighted by molar-refractivity contribution is -0.115. The summed E-state index contributed by atoms with van der Waals surface area (Å²) in [6.07, 6.45) is 2.92. The van der Waals surface area contributed by atoms with E-state index in [-0.39, 0.29) is 16.6 Å². The maximum absolute atomic E-state index is 14.3. The van der Waals surface area contributed by atoms with Gasteiger partial charge in [-0.1, -0.05) is 18.2 Å². The second-order valence-electron chi connectivity index (χ2n) is 7.50. The van der Waals surface area contributed by atoms with Crippen molar-refractivity contribution < 1.29 is 18.4 Å². The molecule has 6 nitrogen and oxygen atoms in total. The van der Waals surface area contributed by atoms with Crippen molar-refractivity contribution in [1.29, 1.82) is 0 Å². The Bertz CT molecular complexity index is 1410. The fourth-order valence-corrected chi connectivity index (χ4v) is 4.44. The number of anilines is 2. The van der Waals surface area contributed by atoms with E-state index in [0.29, 0.717) is 28.7 Å². The summed E-state index contributed by atoms with van der Waals surface area (Å²) in [5.41, 5.74) is 2.99. The van der Waals surface area contributed by atoms with Crippen LogP contribution in [0, 0.1) is 25.5 Å². The fourth-order valence-electron chi connectivity index (χ4n) is 3.59. The van der Waals surface area contributed by atoms with E-state index in [1.165, 1.54) is 25.1 Å². The number of ketones is 1. The summed E-state index contributed by atoms with van der Waals surface area (Å²) < 4.78 is 29.3. The standard InChI is InChI=1S/C25H20F2N4O2S/c1-15-24(16(2)31(29-15)20-7-5-4-6-8-20)23(33)12-10-19-14-34-25(28-19)30(17(3)32)22-11-9-18(26)13-21(22)27/h4-14H,1-3H3/b12-10+. The third-order valence-corrected chi connectivity index (χ3v) is 5.95. The molecule has 34 heavy (non-hydrogen) atoms. The zero-order chi connectivity index (χ0) is 24.4. The van der Waals surface area contributed by atoms with Crippen LogP contribution in [0.5, 0.6) is 0 Å². The number of carbonyl (C=O) groups is 2. The number of halogens is 2. The molecular formula is C25H20F2N4O2S. The number of allylic oxidation sites excluding steroid dienone is 1. The highest BCUT2D eigenvalue weighted by molar-refractivity contribution is 7.14. The molecule has 0 bridgehead atoms. The smallest absolute Gasteiger partial charge is 0.230 e. The summed E-state index contributed by atoms with van der Waals surface area (Å²) in [5.74, 6) is -2.34. The molecule has 0 atom stereocenters. The van der Waals surface area contributed by atoms with Gasteiger partial charge in [-0.25, -0.2) is 18.4 Å². The van der Waals surface area contributed by atoms with E-state index >= 15 is 0 Å². The number of hydrogen-bond donors (Lipinski definition) is 0. The molecule has 0 N–H and O–H groups in total. The van der Waals surface area contributed by atoms with E-state index in [1.54, 1.807) is 17.0 Å². The maximum atomic E-state index is 14.3. The third-order valence-electron chi connectivity index (χ3n) is 5.11. The number of carbonyl (C=O) groups excluding carboxylic acids is 2. The normalized spacial score (nSPS) is 11.2. The molecule has 2 aromatic carbocycles. The largest absolute Gasteiger partial charge is 0.289 e. The van der Waals surface area contributed by atoms with Gasteiger partial charge in [0.25, 0.3) is 0 Å². The molecule has 0 aliphatic rings. The second-order valence-corrected chi connectivity index (χ2v) is 8.33. The van der Waals surface area contributed by atoms with Crippen LogP contribution < -0.4 is 4.90 Å². The van der Waals surface area contributed by atoms with Crippen LogP contribution in [-0.2, 0) is 4.79 Å². The van der Waals surface area contributed by atoms with Crippen LogP contribution in [0.2, 0.25) is 0 Å². The van der Waals surface area contributed by atoms with E-state index in [9.17, 15) is 18.4 Å². The van der Waals surface area contributed by atoms with Crippen molar-refractivity contribution in [2.24, 2.45) is 0 Å². The Kier molecular flexibility index (Phi) is 6.47. The Morgan fingerprint density at radius 1 is 1.09 bits per heavy atom. The Balaban J connectivity index is 1.59. The van der Waals surface area contributed by atoms with E-state index in [2.05, 4.69) is 10.1 Å². The van der Waals surface area contributed by atoms with Gasteiger partial charge in [0, 0.05) is 18.4 Å². The minimum Gasteiger partial charge on any atom is -0.289 e. The van der Waals surface area contributed by atoms with Gasteiger partial charge in [0.1, 0.15) is 11.6 Å². The molecule has 172 valence electrons. The Labute approximate surface area is 198 Å². The van der Waals surface area contributed by atoms with Crippen LogP contribution in [-0.4, -0.2) is 26.5 Å². The third kappa shape index (κ3) is 4.55. The molecule has 0 spiro atoms. The molecule has 0 saturated carbocycles. The first-order valence-corrected chi connectivity index (χ1v) is 11.2. The van der Waals surface area contributed by atoms with E-state index < -0.39 is 17.5 Å². The monoisotopic (exact) mass is 478 g/mol. The number of nitrogens with zero attached hydrogens (tertiary/aromatic N) is 4. The Morgan fingerprint density at radius 3 is 2.50 bits per heavy atom. The van der Waals surface area contributed by atoms with Gasteiger partial charge in [-0.15, -0.1) is 11.3 Å². The van der Waals surface area contributed by atoms with Gasteiger partial charge in [0.15, 0.2) is 10.9 Å². The fraction of sp³-hybridized carbons (Fsp3) is 0.120. The Hall–Kier alpha value is -3.98. The van der Waals surface area contributed by atoms with Gasteiger partial charge >= 0.3 is 0 Å². The number of aromatic nitrogens is 3. The molecule has 0 unspecified atom stereocenters. The van der Waals surface area contributed by atoms with Crippen LogP contribution in [0.15, 0.2) is 60.0 Å². The van der Waals surface area contributed by atoms with Gasteiger partial charge in [0.05, 0.1) is 34.0 Å². The van der Waals surface area contributed by atoms with Crippen LogP contribution in [0.4, 0.5) is 19.6 Å². The van der Waals surface area contributed by atoms with Crippen LogP contribution >= 0.6 is 11.3 Å². The summed E-state index contributed by atoms with van der Waals surface area (Å²) in [5, 5.41) is 6.34. The van der Waals surface area contributed by atoms with Crippen LogP contribution in [0.25, 0.3) is 11.8 Å². The molecule has 0 aliphatic carbocycles. The van der Waals surface area contributed by atoms with E-state index in [0.717, 1.165) is 28.0 Å². The number of amides is 1. The van der Waals surface area contributed by atoms with E-state index in [4.69, 9.17) is 0 Å². The lowest BCUT2D eigenvalue weighted by atomic mass is 10.1. The second kappa shape index (κ2) is 9.48. The predicted molar refractivity (Wildman–Crippen MR) is 128 cm³/mol. The first-order valence-electron chi connectivity index (χ1n) is 10.3. The topological polar surface area (TPSA) is 68.1 Å². The minimum atomic E-state index is -0.876. The molecule has 9 heteroatoms. The van der Waals surface area contributed by atoms with Gasteiger partial charge in [-0.05, 0) is 50.3 Å². The molecule has 0 aliphatic heterocycles. The molecular weight excluding hydrogens is 458 g/mol. The van der Waals surface area contributed by atoms with Gasteiger partial charge in [-0.2, -0.15) is 5.10 Å². The summed E-state index contributed by atoms with van der Waals surface area (Å²) in [6, 6.07) is 12.5. The van der Waals surface area contributed by atoms with Crippen molar-refractivity contribution in [3.8, 4) is 5.69 Å². The number of aryl methyl sites for hydroxylation is 1. The maximum Gasteiger partial charge on any atom is 0.230 e. The number of benzene rings is 2. The average molecular weight is 479 g/mol. The van der Waals surface area contributed by atoms with Crippen molar-refractivity contribution in [2.75, 3.05) is 4.90 Å². The lowest BCUT2D eigenvalue weighted by Crippen LogP contribution is -2.23. The summed E-state index contributed by atoms with van der Waals surface area (Å²) in [4.78, 5) is 30.5. The molecule has 4 rings (SSSR count). The summed E-state index contributed by atoms with van der Waals surface area (Å²) in [7, 11) is 0. The number of para-hydroxylation sites is 1. The number of rotatable bonds is 6. The lowest BCUT2D eigenvalue weighted by Gasteiger charge is -2.18. The Morgan fingerprint density at radius 2 is 1.82 bits per heavy atom. The number of thiazole rings is 1. The quantitative estimate of drug-likeness (QED) is 0.259. The summed E-state index contributed by atoms with van der Waals surface area (Å²) >= 11 is 1.10. The molecule has 0 fully saturated rings. The van der Waals surface area contributed by atoms with Gasteiger partial charge in [-0.3, -0.25) is 14.5 Å². The molecule has 2 aromatic heterocycles. The van der Waals surface area contributed by atoms with Crippen molar-refractivity contribution >= 4 is 39.9 Å². The summed E-state index contributed by atoms with van der Waals surface area (Å²) in [6.45, 7) is 4.87. The van der Waals surface area contributed by atoms with E-state index in [1.807, 2.05) is 37.3 Å². The highest BCUT2D eigenvalue weighted by Gasteiger charge is 2.22. The average Bonchev–Trinajstić information content (AvgIpc) is 3.38. The first-order chi connectivity index (χ1) is 16.3. The molecule has 4 aromatic rings.